The fraction of sp³-hybridized carbons (Fsp3) is 0.524. The SMILES string of the molecule is COc1cccc2c1OCCCN(C(=O)c1cn[nH]c1C1CCCCC1)C2. The minimum atomic E-state index is 0.0555. The maximum atomic E-state index is 13.3. The number of hydrogen-bond acceptors (Lipinski definition) is 4. The molecule has 0 bridgehead atoms. The van der Waals surface area contributed by atoms with Crippen LogP contribution < -0.4 is 9.47 Å². The summed E-state index contributed by atoms with van der Waals surface area (Å²) in [6, 6.07) is 5.83. The second kappa shape index (κ2) is 8.03. The molecule has 6 heteroatoms. The fourth-order valence-electron chi connectivity index (χ4n) is 4.24. The van der Waals surface area contributed by atoms with Crippen LogP contribution in [0.2, 0.25) is 0 Å². The van der Waals surface area contributed by atoms with Crippen molar-refractivity contribution in [2.24, 2.45) is 0 Å². The minimum absolute atomic E-state index is 0.0555. The van der Waals surface area contributed by atoms with Crippen LogP contribution in [0, 0.1) is 0 Å². The lowest BCUT2D eigenvalue weighted by Gasteiger charge is -2.28. The Morgan fingerprint density at radius 3 is 2.93 bits per heavy atom. The molecule has 6 nitrogen and oxygen atoms in total. The first-order valence-corrected chi connectivity index (χ1v) is 9.89. The van der Waals surface area contributed by atoms with E-state index in [1.807, 2.05) is 23.1 Å². The second-order valence-electron chi connectivity index (χ2n) is 7.41. The lowest BCUT2D eigenvalue weighted by molar-refractivity contribution is 0.0719. The molecule has 1 N–H and O–H groups in total. The van der Waals surface area contributed by atoms with Crippen LogP contribution in [0.15, 0.2) is 24.4 Å². The summed E-state index contributed by atoms with van der Waals surface area (Å²) in [5.74, 6) is 1.94. The Balaban J connectivity index is 1.59. The Hall–Kier alpha value is -2.50. The zero-order valence-electron chi connectivity index (χ0n) is 15.9. The first-order valence-electron chi connectivity index (χ1n) is 9.89. The molecule has 0 unspecified atom stereocenters. The zero-order valence-corrected chi connectivity index (χ0v) is 15.9. The van der Waals surface area contributed by atoms with E-state index in [1.165, 1.54) is 19.3 Å². The van der Waals surface area contributed by atoms with Gasteiger partial charge in [0, 0.05) is 24.6 Å². The Morgan fingerprint density at radius 2 is 2.11 bits per heavy atom. The molecule has 2 aliphatic rings. The van der Waals surface area contributed by atoms with Crippen molar-refractivity contribution >= 4 is 5.91 Å². The normalized spacial score (nSPS) is 18.2. The summed E-state index contributed by atoms with van der Waals surface area (Å²) in [7, 11) is 1.64. The monoisotopic (exact) mass is 369 g/mol. The van der Waals surface area contributed by atoms with Crippen LogP contribution in [0.4, 0.5) is 0 Å². The van der Waals surface area contributed by atoms with Gasteiger partial charge in [-0.15, -0.1) is 0 Å². The molecule has 1 aliphatic carbocycles. The summed E-state index contributed by atoms with van der Waals surface area (Å²) >= 11 is 0. The van der Waals surface area contributed by atoms with Gasteiger partial charge in [0.1, 0.15) is 0 Å². The van der Waals surface area contributed by atoms with E-state index < -0.39 is 0 Å². The molecular weight excluding hydrogens is 342 g/mol. The molecule has 1 amide bonds. The number of hydrogen-bond donors (Lipinski definition) is 1. The Labute approximate surface area is 159 Å². The van der Waals surface area contributed by atoms with Crippen LogP contribution in [0.25, 0.3) is 0 Å². The molecule has 4 rings (SSSR count). The van der Waals surface area contributed by atoms with Gasteiger partial charge in [0.2, 0.25) is 0 Å². The number of rotatable bonds is 3. The van der Waals surface area contributed by atoms with Gasteiger partial charge in [-0.3, -0.25) is 9.89 Å². The van der Waals surface area contributed by atoms with Crippen LogP contribution in [0.5, 0.6) is 11.5 Å². The number of fused-ring (bicyclic) bond motifs is 1. The third-order valence-corrected chi connectivity index (χ3v) is 5.66. The van der Waals surface area contributed by atoms with Crippen molar-refractivity contribution in [3.8, 4) is 11.5 Å². The average molecular weight is 369 g/mol. The van der Waals surface area contributed by atoms with Crippen molar-refractivity contribution in [3.05, 3.63) is 41.2 Å². The topological polar surface area (TPSA) is 67.5 Å². The number of carbonyl (C=O) groups excluding carboxylic acids is 1. The highest BCUT2D eigenvalue weighted by Gasteiger charge is 2.28. The van der Waals surface area contributed by atoms with Crippen molar-refractivity contribution in [2.45, 2.75) is 51.0 Å². The molecule has 2 heterocycles. The molecular formula is C21H27N3O3. The quantitative estimate of drug-likeness (QED) is 0.891. The third kappa shape index (κ3) is 3.66. The molecule has 0 radical (unpaired) electrons. The number of amides is 1. The van der Waals surface area contributed by atoms with Crippen LogP contribution >= 0.6 is 0 Å². The Morgan fingerprint density at radius 1 is 1.26 bits per heavy atom. The highest BCUT2D eigenvalue weighted by atomic mass is 16.5. The number of H-pyrrole nitrogens is 1. The van der Waals surface area contributed by atoms with Gasteiger partial charge in [0.05, 0.1) is 31.2 Å². The van der Waals surface area contributed by atoms with Crippen LogP contribution in [0.3, 0.4) is 0 Å². The fourth-order valence-corrected chi connectivity index (χ4v) is 4.24. The van der Waals surface area contributed by atoms with Gasteiger partial charge in [-0.2, -0.15) is 5.10 Å². The van der Waals surface area contributed by atoms with Crippen LogP contribution in [0.1, 0.15) is 66.1 Å². The largest absolute Gasteiger partial charge is 0.493 e. The standard InChI is InChI=1S/C21H27N3O3/c1-26-18-10-5-9-16-14-24(11-6-12-27-20(16)18)21(25)17-13-22-23-19(17)15-7-3-2-4-8-15/h5,9-10,13,15H,2-4,6-8,11-12,14H2,1H3,(H,22,23). The van der Waals surface area contributed by atoms with Crippen LogP contribution in [-0.2, 0) is 6.54 Å². The number of carbonyl (C=O) groups is 1. The lowest BCUT2D eigenvalue weighted by atomic mass is 9.85. The third-order valence-electron chi connectivity index (χ3n) is 5.66. The number of nitrogens with zero attached hydrogens (tertiary/aromatic N) is 2. The van der Waals surface area contributed by atoms with Crippen molar-refractivity contribution in [2.75, 3.05) is 20.3 Å². The minimum Gasteiger partial charge on any atom is -0.493 e. The van der Waals surface area contributed by atoms with Gasteiger partial charge in [-0.1, -0.05) is 31.4 Å². The van der Waals surface area contributed by atoms with Crippen molar-refractivity contribution in [1.29, 1.82) is 0 Å². The predicted octanol–water partition coefficient (Wildman–Crippen LogP) is 3.89. The Kier molecular flexibility index (Phi) is 5.32. The van der Waals surface area contributed by atoms with E-state index >= 15 is 0 Å². The first-order chi connectivity index (χ1) is 13.3. The van der Waals surface area contributed by atoms with Crippen molar-refractivity contribution < 1.29 is 14.3 Å². The molecule has 0 spiro atoms. The van der Waals surface area contributed by atoms with E-state index in [-0.39, 0.29) is 5.91 Å². The number of ether oxygens (including phenoxy) is 2. The number of nitrogens with one attached hydrogen (secondary N) is 1. The maximum Gasteiger partial charge on any atom is 0.257 e. The molecule has 0 saturated heterocycles. The number of aromatic nitrogens is 2. The number of aromatic amines is 1. The molecule has 0 atom stereocenters. The molecule has 144 valence electrons. The number of methoxy groups -OCH3 is 1. The molecule has 1 fully saturated rings. The summed E-state index contributed by atoms with van der Waals surface area (Å²) in [6.45, 7) is 1.75. The molecule has 2 aromatic rings. The van der Waals surface area contributed by atoms with E-state index in [0.29, 0.717) is 31.4 Å². The summed E-state index contributed by atoms with van der Waals surface area (Å²) in [6.07, 6.45) is 8.51. The molecule has 1 saturated carbocycles. The van der Waals surface area contributed by atoms with E-state index in [2.05, 4.69) is 10.2 Å². The van der Waals surface area contributed by atoms with Gasteiger partial charge in [-0.25, -0.2) is 0 Å². The van der Waals surface area contributed by atoms with Gasteiger partial charge in [-0.05, 0) is 25.3 Å². The summed E-state index contributed by atoms with van der Waals surface area (Å²) < 4.78 is 11.3. The second-order valence-corrected chi connectivity index (χ2v) is 7.41. The number of benzene rings is 1. The van der Waals surface area contributed by atoms with Crippen molar-refractivity contribution in [3.63, 3.8) is 0 Å². The first kappa shape index (κ1) is 17.9. The molecule has 1 aliphatic heterocycles. The number of para-hydroxylation sites is 1. The van der Waals surface area contributed by atoms with Crippen molar-refractivity contribution in [1.82, 2.24) is 15.1 Å². The maximum absolute atomic E-state index is 13.3. The smallest absolute Gasteiger partial charge is 0.257 e. The van der Waals surface area contributed by atoms with Gasteiger partial charge < -0.3 is 14.4 Å². The zero-order chi connectivity index (χ0) is 18.6. The summed E-state index contributed by atoms with van der Waals surface area (Å²) in [4.78, 5) is 15.3. The van der Waals surface area contributed by atoms with Gasteiger partial charge in [0.15, 0.2) is 11.5 Å². The Bertz CT molecular complexity index is 796. The highest BCUT2D eigenvalue weighted by Crippen LogP contribution is 2.35. The van der Waals surface area contributed by atoms with Gasteiger partial charge >= 0.3 is 0 Å². The van der Waals surface area contributed by atoms with E-state index in [9.17, 15) is 4.79 Å². The lowest BCUT2D eigenvalue weighted by Crippen LogP contribution is -2.34. The van der Waals surface area contributed by atoms with E-state index in [1.54, 1.807) is 13.3 Å². The molecule has 27 heavy (non-hydrogen) atoms. The summed E-state index contributed by atoms with van der Waals surface area (Å²) in [5.41, 5.74) is 2.72. The highest BCUT2D eigenvalue weighted by molar-refractivity contribution is 5.95. The van der Waals surface area contributed by atoms with Gasteiger partial charge in [0.25, 0.3) is 5.91 Å². The molecule has 1 aromatic carbocycles. The van der Waals surface area contributed by atoms with E-state index in [4.69, 9.17) is 9.47 Å². The van der Waals surface area contributed by atoms with E-state index in [0.717, 1.165) is 41.8 Å². The predicted molar refractivity (Wildman–Crippen MR) is 102 cm³/mol. The summed E-state index contributed by atoms with van der Waals surface area (Å²) in [5, 5.41) is 7.33. The van der Waals surface area contributed by atoms with Crippen LogP contribution in [-0.4, -0.2) is 41.3 Å². The molecule has 1 aromatic heterocycles. The average Bonchev–Trinajstić information content (AvgIpc) is 3.18.